The first kappa shape index (κ1) is 25.3. The summed E-state index contributed by atoms with van der Waals surface area (Å²) >= 11 is 0. The Labute approximate surface area is 49.2 Å². The second-order valence-electron chi connectivity index (χ2n) is 0.253. The van der Waals surface area contributed by atoms with Gasteiger partial charge in [-0.2, -0.15) is 0 Å². The molecular formula is C2H12N2O3P+. The zero-order valence-corrected chi connectivity index (χ0v) is 5.47. The first-order valence-corrected chi connectivity index (χ1v) is 2.25. The molecule has 0 heterocycles. The normalized spacial score (nSPS) is 3.75. The van der Waals surface area contributed by atoms with Crippen molar-refractivity contribution < 1.29 is 14.4 Å². The van der Waals surface area contributed by atoms with Gasteiger partial charge in [0.25, 0.3) is 0 Å². The van der Waals surface area contributed by atoms with Gasteiger partial charge in [-0.15, -0.1) is 22.9 Å². The molecule has 0 spiro atoms. The lowest BCUT2D eigenvalue weighted by Crippen LogP contribution is -1.38. The minimum absolute atomic E-state index is 0. The van der Waals surface area contributed by atoms with Crippen molar-refractivity contribution in [3.8, 4) is 0 Å². The van der Waals surface area contributed by atoms with Gasteiger partial charge in [0.2, 0.25) is 0 Å². The molecule has 0 radical (unpaired) electrons. The van der Waals surface area contributed by atoms with E-state index in [0.717, 1.165) is 0 Å². The van der Waals surface area contributed by atoms with Crippen LogP contribution < -0.4 is 12.3 Å². The fraction of sp³-hybridized carbons (Fsp3) is 0. The fourth-order valence-corrected chi connectivity index (χ4v) is 0. The lowest BCUT2D eigenvalue weighted by Gasteiger charge is -1.34. The summed E-state index contributed by atoms with van der Waals surface area (Å²) < 4.78 is 8.70. The van der Waals surface area contributed by atoms with Crippen LogP contribution in [0.4, 0.5) is 0 Å². The monoisotopic (exact) mass is 143 g/mol. The van der Waals surface area contributed by atoms with Gasteiger partial charge in [0, 0.05) is 4.57 Å². The Morgan fingerprint density at radius 3 is 1.12 bits per heavy atom. The molecule has 0 aromatic rings. The zero-order valence-electron chi connectivity index (χ0n) is 4.58. The van der Waals surface area contributed by atoms with E-state index >= 15 is 0 Å². The van der Waals surface area contributed by atoms with Crippen LogP contribution in [0.1, 0.15) is 0 Å². The molecule has 0 aromatic carbocycles. The molecule has 8 heavy (non-hydrogen) atoms. The van der Waals surface area contributed by atoms with Gasteiger partial charge in [0.05, 0.1) is 0 Å². The molecule has 0 aliphatic heterocycles. The summed E-state index contributed by atoms with van der Waals surface area (Å²) in [6.45, 7) is 6.00. The zero-order chi connectivity index (χ0) is 5.58. The van der Waals surface area contributed by atoms with E-state index in [1.165, 1.54) is 0 Å². The Morgan fingerprint density at radius 1 is 1.12 bits per heavy atom. The molecule has 0 aliphatic rings. The van der Waals surface area contributed by atoms with Crippen LogP contribution in [0.15, 0.2) is 13.2 Å². The summed E-state index contributed by atoms with van der Waals surface area (Å²) in [5.41, 5.74) is 0. The van der Waals surface area contributed by atoms with E-state index in [1.807, 2.05) is 0 Å². The molecule has 0 saturated heterocycles. The van der Waals surface area contributed by atoms with Crippen LogP contribution in [-0.4, -0.2) is 9.79 Å². The van der Waals surface area contributed by atoms with E-state index in [-0.39, 0.29) is 12.3 Å². The molecule has 0 bridgehead atoms. The second kappa shape index (κ2) is 30.0. The summed E-state index contributed by atoms with van der Waals surface area (Å²) in [7, 11) is -2.87. The van der Waals surface area contributed by atoms with Crippen molar-refractivity contribution in [1.29, 1.82) is 0 Å². The maximum absolute atomic E-state index is 8.70. The average Bonchev–Trinajstić information content (AvgIpc) is 1.41. The highest BCUT2D eigenvalue weighted by molar-refractivity contribution is 7.30. The van der Waals surface area contributed by atoms with E-state index in [0.29, 0.717) is 0 Å². The molecule has 0 aromatic heterocycles. The Hall–Kier alpha value is -0.320. The first-order chi connectivity index (χ1) is 2.73. The van der Waals surface area contributed by atoms with Crippen LogP contribution in [-0.2, 0) is 4.57 Å². The molecule has 0 rings (SSSR count). The van der Waals surface area contributed by atoms with E-state index in [2.05, 4.69) is 13.2 Å². The third-order valence-electron chi connectivity index (χ3n) is 0. The molecular weight excluding hydrogens is 131 g/mol. The molecule has 6 heteroatoms. The van der Waals surface area contributed by atoms with Gasteiger partial charge in [0.15, 0.2) is 0 Å². The van der Waals surface area contributed by atoms with Crippen molar-refractivity contribution in [3.63, 3.8) is 0 Å². The highest BCUT2D eigenvalue weighted by atomic mass is 31.1. The van der Waals surface area contributed by atoms with E-state index in [9.17, 15) is 0 Å². The second-order valence-corrected chi connectivity index (χ2v) is 0.758. The lowest BCUT2D eigenvalue weighted by atomic mass is 11.3. The van der Waals surface area contributed by atoms with Crippen molar-refractivity contribution in [3.05, 3.63) is 13.2 Å². The topological polar surface area (TPSA) is 128 Å². The fourth-order valence-electron chi connectivity index (χ4n) is 0. The van der Waals surface area contributed by atoms with E-state index < -0.39 is 8.25 Å². The Balaban J connectivity index is -0.0000000183. The maximum atomic E-state index is 8.70. The summed E-state index contributed by atoms with van der Waals surface area (Å²) in [4.78, 5) is 14.2. The molecule has 0 saturated carbocycles. The van der Waals surface area contributed by atoms with Crippen molar-refractivity contribution in [2.75, 3.05) is 0 Å². The SMILES string of the molecule is C=C.N.N.O=[P+](O)O. The van der Waals surface area contributed by atoms with Crippen molar-refractivity contribution in [2.45, 2.75) is 0 Å². The van der Waals surface area contributed by atoms with Gasteiger partial charge in [-0.05, 0) is 0 Å². The number of rotatable bonds is 0. The summed E-state index contributed by atoms with van der Waals surface area (Å²) in [6.07, 6.45) is 0. The van der Waals surface area contributed by atoms with Gasteiger partial charge >= 0.3 is 8.25 Å². The minimum Gasteiger partial charge on any atom is -0.344 e. The van der Waals surface area contributed by atoms with Crippen molar-refractivity contribution in [2.24, 2.45) is 0 Å². The predicted molar refractivity (Wildman–Crippen MR) is 33.3 cm³/mol. The lowest BCUT2D eigenvalue weighted by molar-refractivity contribution is 0.405. The van der Waals surface area contributed by atoms with Crippen LogP contribution in [0.5, 0.6) is 0 Å². The Morgan fingerprint density at radius 2 is 1.12 bits per heavy atom. The number of hydrogen-bond donors (Lipinski definition) is 4. The molecule has 5 nitrogen and oxygen atoms in total. The third-order valence-corrected chi connectivity index (χ3v) is 0. The highest BCUT2D eigenvalue weighted by Gasteiger charge is 1.93. The maximum Gasteiger partial charge on any atom is 0.692 e. The smallest absolute Gasteiger partial charge is 0.344 e. The van der Waals surface area contributed by atoms with Gasteiger partial charge in [-0.1, -0.05) is 0 Å². The highest BCUT2D eigenvalue weighted by Crippen LogP contribution is 1.98. The summed E-state index contributed by atoms with van der Waals surface area (Å²) in [5.74, 6) is 0. The molecule has 52 valence electrons. The van der Waals surface area contributed by atoms with E-state index in [1.54, 1.807) is 0 Å². The van der Waals surface area contributed by atoms with E-state index in [4.69, 9.17) is 14.4 Å². The van der Waals surface area contributed by atoms with Gasteiger partial charge in [0.1, 0.15) is 0 Å². The van der Waals surface area contributed by atoms with Crippen molar-refractivity contribution >= 4 is 8.25 Å². The van der Waals surface area contributed by atoms with Crippen LogP contribution >= 0.6 is 8.25 Å². The molecule has 0 fully saturated rings. The molecule has 0 unspecified atom stereocenters. The predicted octanol–water partition coefficient (Wildman–Crippen LogP) is 0.755. The van der Waals surface area contributed by atoms with Gasteiger partial charge in [-0.3, -0.25) is 0 Å². The van der Waals surface area contributed by atoms with Crippen LogP contribution in [0.2, 0.25) is 0 Å². The molecule has 0 aliphatic carbocycles. The standard InChI is InChI=1S/C2H4.2H3N.HO3P/c1-2;;;1-4(2)3/h1-2H2;2*1H3;(H-,1,2,3)/p+1. The molecule has 0 atom stereocenters. The average molecular weight is 143 g/mol. The Bertz CT molecular complexity index is 46.5. The quantitative estimate of drug-likeness (QED) is 0.294. The molecule has 0 amide bonds. The van der Waals surface area contributed by atoms with Gasteiger partial charge < -0.3 is 12.3 Å². The van der Waals surface area contributed by atoms with Crippen LogP contribution in [0.25, 0.3) is 0 Å². The third kappa shape index (κ3) is 1210. The van der Waals surface area contributed by atoms with Crippen LogP contribution in [0, 0.1) is 0 Å². The summed E-state index contributed by atoms with van der Waals surface area (Å²) in [6, 6.07) is 0. The summed E-state index contributed by atoms with van der Waals surface area (Å²) in [5, 5.41) is 0. The van der Waals surface area contributed by atoms with Crippen molar-refractivity contribution in [1.82, 2.24) is 12.3 Å². The van der Waals surface area contributed by atoms with Crippen LogP contribution in [0.3, 0.4) is 0 Å². The Kier molecular flexibility index (Phi) is 94.9. The number of hydrogen-bond acceptors (Lipinski definition) is 3. The molecule has 8 N–H and O–H groups in total. The first-order valence-electron chi connectivity index (χ1n) is 1.08. The minimum atomic E-state index is -2.87. The van der Waals surface area contributed by atoms with Gasteiger partial charge in [-0.25, -0.2) is 0 Å². The largest absolute Gasteiger partial charge is 0.692 e.